The minimum Gasteiger partial charge on any atom is -0.494 e. The zero-order chi connectivity index (χ0) is 26.8. The van der Waals surface area contributed by atoms with Crippen molar-refractivity contribution in [2.45, 2.75) is 72.3 Å². The van der Waals surface area contributed by atoms with Gasteiger partial charge in [0.25, 0.3) is 11.8 Å². The Bertz CT molecular complexity index is 1240. The summed E-state index contributed by atoms with van der Waals surface area (Å²) < 4.78 is 29.5. The molecule has 1 fully saturated rings. The Morgan fingerprint density at radius 3 is 2.46 bits per heavy atom. The third-order valence-electron chi connectivity index (χ3n) is 7.39. The maximum atomic E-state index is 13.5. The van der Waals surface area contributed by atoms with E-state index in [1.165, 1.54) is 11.3 Å². The molecule has 2 amide bonds. The van der Waals surface area contributed by atoms with Crippen molar-refractivity contribution in [3.05, 3.63) is 45.8 Å². The summed E-state index contributed by atoms with van der Waals surface area (Å²) in [5, 5.41) is 6.46. The molecule has 0 spiro atoms. The number of nitrogens with one attached hydrogen (secondary N) is 2. The van der Waals surface area contributed by atoms with Gasteiger partial charge in [0.1, 0.15) is 10.8 Å². The zero-order valence-electron chi connectivity index (χ0n) is 22.2. The lowest BCUT2D eigenvalue weighted by atomic mass is 9.72. The Hall–Kier alpha value is -2.39. The second kappa shape index (κ2) is 11.2. The Balaban J connectivity index is 1.57. The van der Waals surface area contributed by atoms with Crippen LogP contribution in [0.4, 0.5) is 5.00 Å². The number of rotatable bonds is 8. The molecule has 1 saturated heterocycles. The highest BCUT2D eigenvalue weighted by atomic mass is 32.2. The highest BCUT2D eigenvalue weighted by Gasteiger charge is 2.36. The number of carbonyl (C=O) groups is 2. The predicted octanol–water partition coefficient (Wildman–Crippen LogP) is 5.25. The van der Waals surface area contributed by atoms with E-state index in [9.17, 15) is 18.0 Å². The lowest BCUT2D eigenvalue weighted by Gasteiger charge is -2.33. The molecule has 1 aromatic carbocycles. The van der Waals surface area contributed by atoms with Crippen LogP contribution in [-0.4, -0.2) is 44.4 Å². The van der Waals surface area contributed by atoms with E-state index in [1.54, 1.807) is 24.3 Å². The maximum Gasteiger partial charge on any atom is 0.256 e. The van der Waals surface area contributed by atoms with Crippen molar-refractivity contribution in [3.8, 4) is 5.75 Å². The fourth-order valence-electron chi connectivity index (χ4n) is 5.03. The molecule has 4 rings (SSSR count). The third-order valence-corrected chi connectivity index (χ3v) is 10.3. The zero-order valence-corrected chi connectivity index (χ0v) is 23.8. The number of unbranched alkanes of at least 4 members (excludes halogenated alkanes) is 1. The molecule has 2 N–H and O–H groups in total. The number of amides is 2. The molecule has 1 aliphatic carbocycles. The summed E-state index contributed by atoms with van der Waals surface area (Å²) in [6, 6.07) is 6.62. The number of benzene rings is 1. The fraction of sp³-hybridized carbons (Fsp3) is 0.571. The van der Waals surface area contributed by atoms with Gasteiger partial charge in [0.05, 0.1) is 23.7 Å². The van der Waals surface area contributed by atoms with E-state index in [-0.39, 0.29) is 28.7 Å². The van der Waals surface area contributed by atoms with Gasteiger partial charge in [-0.3, -0.25) is 9.59 Å². The van der Waals surface area contributed by atoms with E-state index in [4.69, 9.17) is 4.74 Å². The first-order valence-corrected chi connectivity index (χ1v) is 15.8. The molecule has 202 valence electrons. The molecule has 2 atom stereocenters. The molecular formula is C28H38N2O5S2. The van der Waals surface area contributed by atoms with E-state index >= 15 is 0 Å². The number of fused-ring (bicyclic) bond motifs is 1. The molecule has 2 aliphatic rings. The van der Waals surface area contributed by atoms with E-state index in [1.807, 2.05) is 0 Å². The highest BCUT2D eigenvalue weighted by molar-refractivity contribution is 7.91. The number of hydrogen-bond donors (Lipinski definition) is 2. The van der Waals surface area contributed by atoms with Gasteiger partial charge in [-0.1, -0.05) is 34.1 Å². The SMILES string of the molecule is CCCCOc1ccc(C(=O)Nc2sc3c(c2C(=O)NC2CCS(=O)(=O)C2)CCC(C(C)(C)C)C3)cc1. The van der Waals surface area contributed by atoms with Crippen LogP contribution in [-0.2, 0) is 22.7 Å². The Kier molecular flexibility index (Phi) is 8.33. The summed E-state index contributed by atoms with van der Waals surface area (Å²) in [5.41, 5.74) is 2.10. The predicted molar refractivity (Wildman–Crippen MR) is 149 cm³/mol. The van der Waals surface area contributed by atoms with Gasteiger partial charge in [-0.2, -0.15) is 0 Å². The molecule has 7 nitrogen and oxygen atoms in total. The molecule has 0 bridgehead atoms. The number of ether oxygens (including phenoxy) is 1. The number of anilines is 1. The molecule has 0 saturated carbocycles. The summed E-state index contributed by atoms with van der Waals surface area (Å²) in [5.74, 6) is 0.669. The average Bonchev–Trinajstić information content (AvgIpc) is 3.36. The molecule has 2 heterocycles. The number of sulfone groups is 1. The first kappa shape index (κ1) is 27.6. The summed E-state index contributed by atoms with van der Waals surface area (Å²) in [7, 11) is -3.12. The Labute approximate surface area is 224 Å². The van der Waals surface area contributed by atoms with Gasteiger partial charge in [-0.25, -0.2) is 8.42 Å². The van der Waals surface area contributed by atoms with Gasteiger partial charge in [0, 0.05) is 16.5 Å². The standard InChI is InChI=1S/C28H38N2O5S2/c1-5-6-14-35-21-10-7-18(8-11-21)25(31)30-27-24(26(32)29-20-13-15-37(33,34)17-20)22-12-9-19(28(2,3)4)16-23(22)36-27/h7-8,10-11,19-20H,5-6,9,12-17H2,1-4H3,(H,29,32)(H,30,31). The van der Waals surface area contributed by atoms with Gasteiger partial charge in [-0.15, -0.1) is 11.3 Å². The van der Waals surface area contributed by atoms with Crippen LogP contribution in [0.25, 0.3) is 0 Å². The van der Waals surface area contributed by atoms with Crippen LogP contribution in [0.1, 0.15) is 84.5 Å². The van der Waals surface area contributed by atoms with Crippen molar-refractivity contribution in [1.82, 2.24) is 5.32 Å². The summed E-state index contributed by atoms with van der Waals surface area (Å²) >= 11 is 1.47. The lowest BCUT2D eigenvalue weighted by Crippen LogP contribution is -2.36. The molecule has 2 unspecified atom stereocenters. The van der Waals surface area contributed by atoms with Crippen LogP contribution in [0.5, 0.6) is 5.75 Å². The van der Waals surface area contributed by atoms with E-state index in [2.05, 4.69) is 38.3 Å². The molecule has 9 heteroatoms. The van der Waals surface area contributed by atoms with Crippen molar-refractivity contribution in [2.75, 3.05) is 23.4 Å². The van der Waals surface area contributed by atoms with Gasteiger partial charge >= 0.3 is 0 Å². The van der Waals surface area contributed by atoms with Crippen LogP contribution < -0.4 is 15.4 Å². The average molecular weight is 547 g/mol. The first-order valence-electron chi connectivity index (χ1n) is 13.2. The largest absolute Gasteiger partial charge is 0.494 e. The molecule has 1 aliphatic heterocycles. The monoisotopic (exact) mass is 546 g/mol. The van der Waals surface area contributed by atoms with Gasteiger partial charge in [0.15, 0.2) is 9.84 Å². The van der Waals surface area contributed by atoms with E-state index in [0.29, 0.717) is 35.1 Å². The first-order chi connectivity index (χ1) is 17.5. The molecule has 37 heavy (non-hydrogen) atoms. The second-order valence-corrected chi connectivity index (χ2v) is 14.6. The van der Waals surface area contributed by atoms with Crippen LogP contribution >= 0.6 is 11.3 Å². The normalized spacial score (nSPS) is 20.8. The van der Waals surface area contributed by atoms with Gasteiger partial charge in [0.2, 0.25) is 0 Å². The van der Waals surface area contributed by atoms with Crippen molar-refractivity contribution in [1.29, 1.82) is 0 Å². The van der Waals surface area contributed by atoms with Gasteiger partial charge in [-0.05, 0) is 73.3 Å². The quantitative estimate of drug-likeness (QED) is 0.441. The fourth-order valence-corrected chi connectivity index (χ4v) is 8.03. The van der Waals surface area contributed by atoms with E-state index in [0.717, 1.165) is 48.3 Å². The molecule has 0 radical (unpaired) electrons. The van der Waals surface area contributed by atoms with Crippen LogP contribution in [0.3, 0.4) is 0 Å². The number of thiophene rings is 1. The Morgan fingerprint density at radius 2 is 1.84 bits per heavy atom. The minimum absolute atomic E-state index is 0.0362. The highest BCUT2D eigenvalue weighted by Crippen LogP contribution is 2.44. The summed E-state index contributed by atoms with van der Waals surface area (Å²) in [6.07, 6.45) is 5.03. The molecule has 2 aromatic rings. The second-order valence-electron chi connectivity index (χ2n) is 11.3. The van der Waals surface area contributed by atoms with Crippen molar-refractivity contribution in [3.63, 3.8) is 0 Å². The van der Waals surface area contributed by atoms with Crippen molar-refractivity contribution >= 4 is 38.0 Å². The smallest absolute Gasteiger partial charge is 0.256 e. The van der Waals surface area contributed by atoms with Gasteiger partial charge < -0.3 is 15.4 Å². The van der Waals surface area contributed by atoms with E-state index < -0.39 is 15.9 Å². The van der Waals surface area contributed by atoms with Crippen LogP contribution in [0.15, 0.2) is 24.3 Å². The Morgan fingerprint density at radius 1 is 1.11 bits per heavy atom. The van der Waals surface area contributed by atoms with Crippen molar-refractivity contribution < 1.29 is 22.7 Å². The van der Waals surface area contributed by atoms with Crippen LogP contribution in [0, 0.1) is 11.3 Å². The summed E-state index contributed by atoms with van der Waals surface area (Å²) in [4.78, 5) is 27.8. The molecule has 1 aromatic heterocycles. The lowest BCUT2D eigenvalue weighted by molar-refractivity contribution is 0.0941. The minimum atomic E-state index is -3.12. The van der Waals surface area contributed by atoms with Crippen molar-refractivity contribution in [2.24, 2.45) is 11.3 Å². The topological polar surface area (TPSA) is 102 Å². The summed E-state index contributed by atoms with van der Waals surface area (Å²) in [6.45, 7) is 9.46. The third kappa shape index (κ3) is 6.74. The number of carbonyl (C=O) groups excluding carboxylic acids is 2. The maximum absolute atomic E-state index is 13.5. The molecular weight excluding hydrogens is 508 g/mol. The number of hydrogen-bond acceptors (Lipinski definition) is 6. The van der Waals surface area contributed by atoms with Crippen LogP contribution in [0.2, 0.25) is 0 Å².